The maximum atomic E-state index is 12.7. The predicted molar refractivity (Wildman–Crippen MR) is 142 cm³/mol. The molecule has 0 aliphatic rings. The van der Waals surface area contributed by atoms with Crippen molar-refractivity contribution in [3.05, 3.63) is 102 Å². The van der Waals surface area contributed by atoms with Crippen LogP contribution in [-0.4, -0.2) is 34.8 Å². The summed E-state index contributed by atoms with van der Waals surface area (Å²) >= 11 is 0. The molecule has 0 saturated heterocycles. The topological polar surface area (TPSA) is 84.9 Å². The van der Waals surface area contributed by atoms with Gasteiger partial charge in [0, 0.05) is 17.5 Å². The van der Waals surface area contributed by atoms with Crippen molar-refractivity contribution in [1.82, 2.24) is 5.32 Å². The smallest absolute Gasteiger partial charge is 0.251 e. The molecule has 0 aromatic heterocycles. The number of anilines is 1. The number of fused-ring (bicyclic) bond motifs is 1. The number of hydrogen-bond acceptors (Lipinski definition) is 5. The van der Waals surface area contributed by atoms with Gasteiger partial charge in [0.2, 0.25) is 10.0 Å². The Hall–Kier alpha value is -4.04. The molecule has 186 valence electrons. The molecule has 0 heterocycles. The summed E-state index contributed by atoms with van der Waals surface area (Å²) in [5, 5.41) is 4.71. The molecule has 1 amide bonds. The molecular formula is C28H28N2O5S. The van der Waals surface area contributed by atoms with Crippen molar-refractivity contribution in [2.45, 2.75) is 13.1 Å². The monoisotopic (exact) mass is 504 g/mol. The highest BCUT2D eigenvalue weighted by atomic mass is 32.2. The van der Waals surface area contributed by atoms with Gasteiger partial charge in [0.25, 0.3) is 5.91 Å². The normalized spacial score (nSPS) is 11.2. The van der Waals surface area contributed by atoms with Crippen molar-refractivity contribution >= 4 is 32.4 Å². The zero-order chi connectivity index (χ0) is 25.7. The van der Waals surface area contributed by atoms with Crippen LogP contribution in [0.25, 0.3) is 10.8 Å². The maximum Gasteiger partial charge on any atom is 0.251 e. The number of ether oxygens (including phenoxy) is 2. The molecular weight excluding hydrogens is 476 g/mol. The van der Waals surface area contributed by atoms with Crippen molar-refractivity contribution in [3.8, 4) is 11.5 Å². The van der Waals surface area contributed by atoms with Gasteiger partial charge >= 0.3 is 0 Å². The fourth-order valence-electron chi connectivity index (χ4n) is 4.01. The second kappa shape index (κ2) is 10.7. The second-order valence-electron chi connectivity index (χ2n) is 8.34. The summed E-state index contributed by atoms with van der Waals surface area (Å²) < 4.78 is 37.4. The van der Waals surface area contributed by atoms with E-state index in [1.807, 2.05) is 48.5 Å². The molecule has 8 heteroatoms. The first-order chi connectivity index (χ1) is 17.3. The van der Waals surface area contributed by atoms with Crippen LogP contribution in [0.4, 0.5) is 5.69 Å². The van der Waals surface area contributed by atoms with Crippen molar-refractivity contribution in [2.75, 3.05) is 24.8 Å². The second-order valence-corrected chi connectivity index (χ2v) is 10.2. The van der Waals surface area contributed by atoms with Crippen LogP contribution in [0.5, 0.6) is 11.5 Å². The van der Waals surface area contributed by atoms with Crippen molar-refractivity contribution < 1.29 is 22.7 Å². The van der Waals surface area contributed by atoms with E-state index in [1.54, 1.807) is 50.6 Å². The number of rotatable bonds is 9. The van der Waals surface area contributed by atoms with Crippen LogP contribution in [-0.2, 0) is 23.1 Å². The van der Waals surface area contributed by atoms with Gasteiger partial charge in [0.15, 0.2) is 11.5 Å². The van der Waals surface area contributed by atoms with E-state index in [0.29, 0.717) is 29.3 Å². The highest BCUT2D eigenvalue weighted by Gasteiger charge is 2.20. The lowest BCUT2D eigenvalue weighted by molar-refractivity contribution is 0.0951. The van der Waals surface area contributed by atoms with E-state index in [4.69, 9.17) is 9.47 Å². The maximum absolute atomic E-state index is 12.7. The fourth-order valence-corrected chi connectivity index (χ4v) is 4.91. The average Bonchev–Trinajstić information content (AvgIpc) is 2.89. The molecule has 4 rings (SSSR count). The molecule has 0 unspecified atom stereocenters. The Morgan fingerprint density at radius 1 is 0.833 bits per heavy atom. The molecule has 0 fully saturated rings. The van der Waals surface area contributed by atoms with Gasteiger partial charge in [-0.3, -0.25) is 9.10 Å². The molecule has 0 aliphatic carbocycles. The van der Waals surface area contributed by atoms with Crippen molar-refractivity contribution in [3.63, 3.8) is 0 Å². The highest BCUT2D eigenvalue weighted by molar-refractivity contribution is 7.92. The van der Waals surface area contributed by atoms with Crippen LogP contribution in [0.2, 0.25) is 0 Å². The van der Waals surface area contributed by atoms with Gasteiger partial charge in [-0.25, -0.2) is 8.42 Å². The average molecular weight is 505 g/mol. The van der Waals surface area contributed by atoms with E-state index in [1.165, 1.54) is 10.6 Å². The van der Waals surface area contributed by atoms with Crippen LogP contribution < -0.4 is 19.1 Å². The van der Waals surface area contributed by atoms with Crippen LogP contribution in [0, 0.1) is 0 Å². The summed E-state index contributed by atoms with van der Waals surface area (Å²) in [6, 6.07) is 25.7. The first kappa shape index (κ1) is 25.1. The quantitative estimate of drug-likeness (QED) is 0.356. The highest BCUT2D eigenvalue weighted by Crippen LogP contribution is 2.30. The van der Waals surface area contributed by atoms with Crippen molar-refractivity contribution in [2.24, 2.45) is 0 Å². The number of nitrogens with zero attached hydrogens (tertiary/aromatic N) is 1. The number of amides is 1. The number of benzene rings is 4. The van der Waals surface area contributed by atoms with Gasteiger partial charge in [0.05, 0.1) is 32.7 Å². The van der Waals surface area contributed by atoms with Crippen molar-refractivity contribution in [1.29, 1.82) is 0 Å². The summed E-state index contributed by atoms with van der Waals surface area (Å²) in [4.78, 5) is 12.7. The summed E-state index contributed by atoms with van der Waals surface area (Å²) in [6.45, 7) is 0.476. The number of carbonyl (C=O) groups excluding carboxylic acids is 1. The number of sulfonamides is 1. The third-order valence-corrected chi connectivity index (χ3v) is 7.01. The van der Waals surface area contributed by atoms with Crippen LogP contribution >= 0.6 is 0 Å². The lowest BCUT2D eigenvalue weighted by Crippen LogP contribution is -2.29. The summed E-state index contributed by atoms with van der Waals surface area (Å²) in [6.07, 6.45) is 1.20. The fraction of sp³-hybridized carbons (Fsp3) is 0.179. The molecule has 0 spiro atoms. The van der Waals surface area contributed by atoms with Gasteiger partial charge in [-0.05, 0) is 46.8 Å². The zero-order valence-electron chi connectivity index (χ0n) is 20.4. The zero-order valence-corrected chi connectivity index (χ0v) is 21.2. The van der Waals surface area contributed by atoms with Gasteiger partial charge < -0.3 is 14.8 Å². The Labute approximate surface area is 211 Å². The molecule has 0 aliphatic heterocycles. The van der Waals surface area contributed by atoms with Gasteiger partial charge in [0.1, 0.15) is 0 Å². The molecule has 4 aromatic carbocycles. The van der Waals surface area contributed by atoms with E-state index in [-0.39, 0.29) is 12.5 Å². The minimum atomic E-state index is -3.55. The third-order valence-electron chi connectivity index (χ3n) is 5.88. The molecule has 0 atom stereocenters. The van der Waals surface area contributed by atoms with E-state index < -0.39 is 10.0 Å². The lowest BCUT2D eigenvalue weighted by atomic mass is 10.1. The molecule has 0 bridgehead atoms. The molecule has 0 radical (unpaired) electrons. The lowest BCUT2D eigenvalue weighted by Gasteiger charge is -2.24. The predicted octanol–water partition coefficient (Wildman–Crippen LogP) is 4.75. The summed E-state index contributed by atoms with van der Waals surface area (Å²) in [5.41, 5.74) is 2.74. The van der Waals surface area contributed by atoms with E-state index in [2.05, 4.69) is 5.32 Å². The Morgan fingerprint density at radius 3 is 2.19 bits per heavy atom. The van der Waals surface area contributed by atoms with Crippen LogP contribution in [0.15, 0.2) is 84.9 Å². The van der Waals surface area contributed by atoms with Gasteiger partial charge in [-0.15, -0.1) is 0 Å². The Balaban J connectivity index is 1.48. The number of carbonyl (C=O) groups is 1. The van der Waals surface area contributed by atoms with Crippen LogP contribution in [0.1, 0.15) is 21.5 Å². The van der Waals surface area contributed by atoms with Gasteiger partial charge in [-0.2, -0.15) is 0 Å². The van der Waals surface area contributed by atoms with E-state index >= 15 is 0 Å². The number of hydrogen-bond donors (Lipinski definition) is 1. The largest absolute Gasteiger partial charge is 0.493 e. The minimum absolute atomic E-state index is 0.153. The summed E-state index contributed by atoms with van der Waals surface area (Å²) in [5.74, 6) is 0.982. The van der Waals surface area contributed by atoms with E-state index in [9.17, 15) is 13.2 Å². The molecule has 1 N–H and O–H groups in total. The Morgan fingerprint density at radius 2 is 1.50 bits per heavy atom. The summed E-state index contributed by atoms with van der Waals surface area (Å²) in [7, 11) is -0.417. The van der Waals surface area contributed by atoms with Gasteiger partial charge in [-0.1, -0.05) is 54.6 Å². The molecule has 4 aromatic rings. The minimum Gasteiger partial charge on any atom is -0.493 e. The third kappa shape index (κ3) is 5.60. The standard InChI is InChI=1S/C28H28N2O5S/c1-34-26-16-13-21(17-27(26)35-2)18-29-28(31)23-14-11-20(12-15-23)19-30(36(3,32)33)25-10-6-8-22-7-4-5-9-24(22)25/h4-17H,18-19H2,1-3H3,(H,29,31). The van der Waals surface area contributed by atoms with Crippen LogP contribution in [0.3, 0.4) is 0 Å². The SMILES string of the molecule is COc1ccc(CNC(=O)c2ccc(CN(c3cccc4ccccc34)S(C)(=O)=O)cc2)cc1OC. The van der Waals surface area contributed by atoms with E-state index in [0.717, 1.165) is 21.9 Å². The Kier molecular flexibility index (Phi) is 7.45. The number of nitrogens with one attached hydrogen (secondary N) is 1. The Bertz CT molecular complexity index is 1480. The first-order valence-electron chi connectivity index (χ1n) is 11.3. The molecule has 7 nitrogen and oxygen atoms in total. The number of methoxy groups -OCH3 is 2. The first-order valence-corrected chi connectivity index (χ1v) is 13.2. The molecule has 36 heavy (non-hydrogen) atoms. The molecule has 0 saturated carbocycles.